The van der Waals surface area contributed by atoms with Gasteiger partial charge in [0, 0.05) is 23.0 Å². The number of rotatable bonds is 8. The second kappa shape index (κ2) is 8.57. The number of sulfonamides is 1. The minimum absolute atomic E-state index is 0.0229. The molecule has 140 valence electrons. The first-order chi connectivity index (χ1) is 12.4. The largest absolute Gasteiger partial charge is 0.493 e. The summed E-state index contributed by atoms with van der Waals surface area (Å²) >= 11 is 0. The van der Waals surface area contributed by atoms with E-state index in [0.717, 1.165) is 0 Å². The Morgan fingerprint density at radius 2 is 1.73 bits per heavy atom. The van der Waals surface area contributed by atoms with Crippen LogP contribution in [0.2, 0.25) is 0 Å². The van der Waals surface area contributed by atoms with Crippen molar-refractivity contribution in [2.24, 2.45) is 0 Å². The molecule has 0 aromatic heterocycles. The van der Waals surface area contributed by atoms with Crippen molar-refractivity contribution in [3.63, 3.8) is 0 Å². The average molecular weight is 378 g/mol. The summed E-state index contributed by atoms with van der Waals surface area (Å²) in [5.74, 6) is 0.702. The Hall–Kier alpha value is -2.74. The molecule has 0 spiro atoms. The van der Waals surface area contributed by atoms with Gasteiger partial charge in [-0.25, -0.2) is 8.42 Å². The Kier molecular flexibility index (Phi) is 6.46. The Labute approximate surface area is 153 Å². The quantitative estimate of drug-likeness (QED) is 0.736. The molecule has 1 amide bonds. The standard InChI is InChI=1S/C18H22N2O5S/c1-4-10-26(22,23)20-15-7-5-6-13(11-15)18(21)19-14-8-9-16(24-2)17(12-14)25-3/h5-9,11-12,20H,4,10H2,1-3H3,(H,19,21). The highest BCUT2D eigenvalue weighted by atomic mass is 32.2. The van der Waals surface area contributed by atoms with E-state index in [-0.39, 0.29) is 11.7 Å². The third-order valence-corrected chi connectivity index (χ3v) is 5.00. The fourth-order valence-electron chi connectivity index (χ4n) is 2.34. The second-order valence-corrected chi connectivity index (χ2v) is 7.37. The van der Waals surface area contributed by atoms with Crippen molar-refractivity contribution in [3.05, 3.63) is 48.0 Å². The van der Waals surface area contributed by atoms with E-state index in [2.05, 4.69) is 10.0 Å². The molecule has 0 aliphatic rings. The van der Waals surface area contributed by atoms with E-state index >= 15 is 0 Å². The molecular formula is C18H22N2O5S. The van der Waals surface area contributed by atoms with Crippen LogP contribution >= 0.6 is 0 Å². The maximum Gasteiger partial charge on any atom is 0.255 e. The third-order valence-electron chi connectivity index (χ3n) is 3.51. The highest BCUT2D eigenvalue weighted by Gasteiger charge is 2.12. The van der Waals surface area contributed by atoms with E-state index in [4.69, 9.17) is 9.47 Å². The van der Waals surface area contributed by atoms with Gasteiger partial charge in [-0.3, -0.25) is 9.52 Å². The van der Waals surface area contributed by atoms with E-state index in [0.29, 0.717) is 34.9 Å². The van der Waals surface area contributed by atoms with Gasteiger partial charge in [0.2, 0.25) is 10.0 Å². The molecule has 0 aliphatic carbocycles. The summed E-state index contributed by atoms with van der Waals surface area (Å²) in [4.78, 5) is 12.5. The Morgan fingerprint density at radius 1 is 1.00 bits per heavy atom. The first-order valence-corrected chi connectivity index (χ1v) is 9.67. The van der Waals surface area contributed by atoms with Crippen LogP contribution in [0.3, 0.4) is 0 Å². The van der Waals surface area contributed by atoms with Crippen LogP contribution in [0.4, 0.5) is 11.4 Å². The lowest BCUT2D eigenvalue weighted by Crippen LogP contribution is -2.17. The summed E-state index contributed by atoms with van der Waals surface area (Å²) in [7, 11) is -0.377. The predicted molar refractivity (Wildman–Crippen MR) is 102 cm³/mol. The van der Waals surface area contributed by atoms with Gasteiger partial charge in [0.1, 0.15) is 0 Å². The highest BCUT2D eigenvalue weighted by molar-refractivity contribution is 7.92. The van der Waals surface area contributed by atoms with Crippen molar-refractivity contribution in [1.29, 1.82) is 0 Å². The maximum absolute atomic E-state index is 12.5. The number of anilines is 2. The number of methoxy groups -OCH3 is 2. The smallest absolute Gasteiger partial charge is 0.255 e. The van der Waals surface area contributed by atoms with Gasteiger partial charge in [0.15, 0.2) is 11.5 Å². The summed E-state index contributed by atoms with van der Waals surface area (Å²) in [6.07, 6.45) is 0.509. The molecule has 26 heavy (non-hydrogen) atoms. The first kappa shape index (κ1) is 19.6. The van der Waals surface area contributed by atoms with Crippen molar-refractivity contribution in [2.45, 2.75) is 13.3 Å². The van der Waals surface area contributed by atoms with Crippen LogP contribution in [0.15, 0.2) is 42.5 Å². The van der Waals surface area contributed by atoms with Crippen LogP contribution in [0.5, 0.6) is 11.5 Å². The normalized spacial score (nSPS) is 10.9. The van der Waals surface area contributed by atoms with E-state index in [9.17, 15) is 13.2 Å². The van der Waals surface area contributed by atoms with Crippen molar-refractivity contribution in [3.8, 4) is 11.5 Å². The Balaban J connectivity index is 2.16. The molecule has 0 saturated carbocycles. The van der Waals surface area contributed by atoms with Crippen LogP contribution in [0.1, 0.15) is 23.7 Å². The predicted octanol–water partition coefficient (Wildman–Crippen LogP) is 3.11. The summed E-state index contributed by atoms with van der Waals surface area (Å²) < 4.78 is 36.6. The summed E-state index contributed by atoms with van der Waals surface area (Å²) in [5, 5.41) is 2.75. The molecule has 0 unspecified atom stereocenters. The maximum atomic E-state index is 12.5. The molecule has 0 saturated heterocycles. The van der Waals surface area contributed by atoms with Crippen LogP contribution in [-0.2, 0) is 10.0 Å². The number of nitrogens with one attached hydrogen (secondary N) is 2. The van der Waals surface area contributed by atoms with Crippen LogP contribution < -0.4 is 19.5 Å². The van der Waals surface area contributed by atoms with Gasteiger partial charge in [-0.1, -0.05) is 13.0 Å². The lowest BCUT2D eigenvalue weighted by molar-refractivity contribution is 0.102. The molecule has 0 fully saturated rings. The SMILES string of the molecule is CCCS(=O)(=O)Nc1cccc(C(=O)Nc2ccc(OC)c(OC)c2)c1. The van der Waals surface area contributed by atoms with E-state index in [1.54, 1.807) is 43.3 Å². The summed E-state index contributed by atoms with van der Waals surface area (Å²) in [5.41, 5.74) is 1.21. The molecule has 0 radical (unpaired) electrons. The molecule has 2 aromatic rings. The van der Waals surface area contributed by atoms with Crippen LogP contribution in [0, 0.1) is 0 Å². The number of hydrogen-bond donors (Lipinski definition) is 2. The minimum atomic E-state index is -3.41. The fraction of sp³-hybridized carbons (Fsp3) is 0.278. The molecule has 2 aromatic carbocycles. The number of amides is 1. The van der Waals surface area contributed by atoms with Crippen LogP contribution in [0.25, 0.3) is 0 Å². The lowest BCUT2D eigenvalue weighted by Gasteiger charge is -2.11. The number of carbonyl (C=O) groups is 1. The van der Waals surface area contributed by atoms with Crippen LogP contribution in [-0.4, -0.2) is 34.3 Å². The highest BCUT2D eigenvalue weighted by Crippen LogP contribution is 2.30. The average Bonchev–Trinajstić information content (AvgIpc) is 2.61. The van der Waals surface area contributed by atoms with Gasteiger partial charge >= 0.3 is 0 Å². The zero-order chi connectivity index (χ0) is 19.2. The molecule has 8 heteroatoms. The van der Waals surface area contributed by atoms with Gasteiger partial charge in [-0.15, -0.1) is 0 Å². The monoisotopic (exact) mass is 378 g/mol. The Morgan fingerprint density at radius 3 is 2.38 bits per heavy atom. The zero-order valence-corrected chi connectivity index (χ0v) is 15.7. The van der Waals surface area contributed by atoms with E-state index in [1.807, 2.05) is 0 Å². The zero-order valence-electron chi connectivity index (χ0n) is 14.9. The Bertz CT molecular complexity index is 881. The van der Waals surface area contributed by atoms with Crippen molar-refractivity contribution in [1.82, 2.24) is 0 Å². The number of hydrogen-bond acceptors (Lipinski definition) is 5. The van der Waals surface area contributed by atoms with Crippen molar-refractivity contribution >= 4 is 27.3 Å². The van der Waals surface area contributed by atoms with E-state index in [1.165, 1.54) is 20.3 Å². The molecule has 0 bridgehead atoms. The lowest BCUT2D eigenvalue weighted by atomic mass is 10.2. The van der Waals surface area contributed by atoms with Gasteiger partial charge in [0.25, 0.3) is 5.91 Å². The molecular weight excluding hydrogens is 356 g/mol. The molecule has 0 atom stereocenters. The molecule has 0 aliphatic heterocycles. The molecule has 2 N–H and O–H groups in total. The number of carbonyl (C=O) groups excluding carboxylic acids is 1. The number of ether oxygens (including phenoxy) is 2. The van der Waals surface area contributed by atoms with Gasteiger partial charge in [-0.2, -0.15) is 0 Å². The topological polar surface area (TPSA) is 93.7 Å². The van der Waals surface area contributed by atoms with Gasteiger partial charge in [-0.05, 0) is 36.8 Å². The summed E-state index contributed by atoms with van der Waals surface area (Å²) in [6.45, 7) is 1.78. The van der Waals surface area contributed by atoms with Crippen molar-refractivity contribution < 1.29 is 22.7 Å². The minimum Gasteiger partial charge on any atom is -0.493 e. The summed E-state index contributed by atoms with van der Waals surface area (Å²) in [6, 6.07) is 11.3. The third kappa shape index (κ3) is 5.13. The molecule has 2 rings (SSSR count). The van der Waals surface area contributed by atoms with Gasteiger partial charge in [0.05, 0.1) is 20.0 Å². The first-order valence-electron chi connectivity index (χ1n) is 8.02. The number of benzene rings is 2. The van der Waals surface area contributed by atoms with E-state index < -0.39 is 10.0 Å². The molecule has 0 heterocycles. The fourth-order valence-corrected chi connectivity index (χ4v) is 3.47. The second-order valence-electron chi connectivity index (χ2n) is 5.53. The molecule has 7 nitrogen and oxygen atoms in total. The van der Waals surface area contributed by atoms with Crippen molar-refractivity contribution in [2.75, 3.05) is 30.0 Å². The van der Waals surface area contributed by atoms with Gasteiger partial charge < -0.3 is 14.8 Å².